The number of likely N-dealkylation sites (N-methyl/N-ethyl adjacent to an activating group) is 1. The van der Waals surface area contributed by atoms with Gasteiger partial charge in [0.05, 0.1) is 6.54 Å². The summed E-state index contributed by atoms with van der Waals surface area (Å²) in [5.74, 6) is 1.69. The number of ether oxygens (including phenoxy) is 1. The minimum absolute atomic E-state index is 0.119. The first kappa shape index (κ1) is 23.3. The third-order valence-electron chi connectivity index (χ3n) is 5.42. The number of benzene rings is 1. The van der Waals surface area contributed by atoms with Crippen LogP contribution in [0, 0.1) is 0 Å². The summed E-state index contributed by atoms with van der Waals surface area (Å²) in [6.45, 7) is 8.81. The topological polar surface area (TPSA) is 66.2 Å². The molecule has 7 nitrogen and oxygen atoms in total. The van der Waals surface area contributed by atoms with Gasteiger partial charge in [0.15, 0.2) is 5.76 Å². The molecule has 0 N–H and O–H groups in total. The molecule has 1 aromatic carbocycles. The average molecular weight is 492 g/mol. The summed E-state index contributed by atoms with van der Waals surface area (Å²) in [4.78, 5) is 31.1. The zero-order valence-corrected chi connectivity index (χ0v) is 19.8. The van der Waals surface area contributed by atoms with E-state index in [9.17, 15) is 9.59 Å². The Morgan fingerprint density at radius 1 is 1.03 bits per heavy atom. The Bertz CT molecular complexity index is 864. The van der Waals surface area contributed by atoms with E-state index in [4.69, 9.17) is 9.15 Å². The maximum absolute atomic E-state index is 12.9. The fourth-order valence-corrected chi connectivity index (χ4v) is 3.88. The molecule has 1 saturated heterocycles. The lowest BCUT2D eigenvalue weighted by Crippen LogP contribution is -2.42. The summed E-state index contributed by atoms with van der Waals surface area (Å²) in [6.07, 6.45) is 0.831. The Hall–Kier alpha value is -2.32. The Morgan fingerprint density at radius 2 is 1.77 bits per heavy atom. The number of halogens is 1. The van der Waals surface area contributed by atoms with Crippen molar-refractivity contribution in [2.24, 2.45) is 0 Å². The quantitative estimate of drug-likeness (QED) is 0.563. The first-order valence-corrected chi connectivity index (χ1v) is 11.6. The summed E-state index contributed by atoms with van der Waals surface area (Å²) in [5, 5.41) is 0. The van der Waals surface area contributed by atoms with E-state index >= 15 is 0 Å². The molecule has 0 radical (unpaired) electrons. The molecule has 1 aliphatic rings. The van der Waals surface area contributed by atoms with Gasteiger partial charge in [-0.05, 0) is 56.7 Å². The normalized spacial score (nSPS) is 14.9. The number of carbonyl (C=O) groups is 2. The Balaban J connectivity index is 1.51. The van der Waals surface area contributed by atoms with Crippen molar-refractivity contribution in [3.8, 4) is 5.75 Å². The van der Waals surface area contributed by atoms with Crippen molar-refractivity contribution >= 4 is 27.7 Å². The molecule has 1 fully saturated rings. The van der Waals surface area contributed by atoms with Gasteiger partial charge in [0.25, 0.3) is 5.91 Å². The smallest absolute Gasteiger partial charge is 0.289 e. The lowest BCUT2D eigenvalue weighted by Gasteiger charge is -2.25. The molecule has 0 unspecified atom stereocenters. The maximum atomic E-state index is 12.9. The van der Waals surface area contributed by atoms with Crippen LogP contribution in [0.4, 0.5) is 0 Å². The molecule has 168 valence electrons. The molecule has 0 aliphatic carbocycles. The van der Waals surface area contributed by atoms with E-state index in [0.29, 0.717) is 37.7 Å². The number of rotatable bonds is 8. The van der Waals surface area contributed by atoms with Crippen LogP contribution in [0.1, 0.15) is 36.6 Å². The molecular formula is C23H30BrN3O4. The van der Waals surface area contributed by atoms with Gasteiger partial charge in [0, 0.05) is 43.7 Å². The second-order valence-electron chi connectivity index (χ2n) is 7.50. The second-order valence-corrected chi connectivity index (χ2v) is 8.41. The highest BCUT2D eigenvalue weighted by atomic mass is 79.9. The average Bonchev–Trinajstić information content (AvgIpc) is 3.13. The Morgan fingerprint density at radius 3 is 2.48 bits per heavy atom. The van der Waals surface area contributed by atoms with Gasteiger partial charge in [-0.2, -0.15) is 0 Å². The first-order chi connectivity index (χ1) is 15.0. The van der Waals surface area contributed by atoms with Crippen LogP contribution in [0.25, 0.3) is 0 Å². The molecule has 2 aromatic rings. The lowest BCUT2D eigenvalue weighted by atomic mass is 10.3. The number of amides is 2. The molecule has 1 aliphatic heterocycles. The highest BCUT2D eigenvalue weighted by Gasteiger charge is 2.24. The predicted octanol–water partition coefficient (Wildman–Crippen LogP) is 3.64. The van der Waals surface area contributed by atoms with Crippen LogP contribution in [-0.2, 0) is 11.4 Å². The fourth-order valence-electron chi connectivity index (χ4n) is 3.61. The van der Waals surface area contributed by atoms with Crippen molar-refractivity contribution in [1.29, 1.82) is 0 Å². The van der Waals surface area contributed by atoms with E-state index in [-0.39, 0.29) is 18.4 Å². The molecule has 0 atom stereocenters. The number of furan rings is 1. The first-order valence-electron chi connectivity index (χ1n) is 10.8. The largest absolute Gasteiger partial charge is 0.486 e. The molecule has 1 aromatic heterocycles. The minimum Gasteiger partial charge on any atom is -0.486 e. The number of hydrogen-bond donors (Lipinski definition) is 0. The molecule has 8 heteroatoms. The summed E-state index contributed by atoms with van der Waals surface area (Å²) in [6, 6.07) is 11.0. The van der Waals surface area contributed by atoms with Gasteiger partial charge in [-0.25, -0.2) is 0 Å². The third-order valence-corrected chi connectivity index (χ3v) is 5.95. The third kappa shape index (κ3) is 6.58. The zero-order chi connectivity index (χ0) is 22.2. The van der Waals surface area contributed by atoms with Crippen molar-refractivity contribution in [1.82, 2.24) is 14.7 Å². The summed E-state index contributed by atoms with van der Waals surface area (Å²) in [5.41, 5.74) is 0. The standard InChI is InChI=1S/C23H30BrN3O4/c1-3-26(4-2)22(28)16-25-12-5-13-27(15-14-25)23(29)21-11-10-20(31-21)17-30-19-8-6-18(24)7-9-19/h6-11H,3-5,12-17H2,1-2H3. The van der Waals surface area contributed by atoms with Crippen LogP contribution in [0.2, 0.25) is 0 Å². The molecular weight excluding hydrogens is 462 g/mol. The van der Waals surface area contributed by atoms with E-state index in [1.165, 1.54) is 0 Å². The van der Waals surface area contributed by atoms with Crippen LogP contribution in [0.5, 0.6) is 5.75 Å². The second kappa shape index (κ2) is 11.3. The van der Waals surface area contributed by atoms with Gasteiger partial charge >= 0.3 is 0 Å². The molecule has 2 heterocycles. The summed E-state index contributed by atoms with van der Waals surface area (Å²) in [7, 11) is 0. The van der Waals surface area contributed by atoms with Gasteiger partial charge in [0.2, 0.25) is 5.91 Å². The SMILES string of the molecule is CCN(CC)C(=O)CN1CCCN(C(=O)c2ccc(COc3ccc(Br)cc3)o2)CC1. The van der Waals surface area contributed by atoms with E-state index in [0.717, 1.165) is 36.3 Å². The van der Waals surface area contributed by atoms with Crippen molar-refractivity contribution in [2.75, 3.05) is 45.8 Å². The van der Waals surface area contributed by atoms with Crippen molar-refractivity contribution in [3.05, 3.63) is 52.4 Å². The Labute approximate surface area is 192 Å². The summed E-state index contributed by atoms with van der Waals surface area (Å²) < 4.78 is 12.4. The number of carbonyl (C=O) groups excluding carboxylic acids is 2. The Kier molecular flexibility index (Phi) is 8.54. The zero-order valence-electron chi connectivity index (χ0n) is 18.2. The van der Waals surface area contributed by atoms with Crippen LogP contribution >= 0.6 is 15.9 Å². The molecule has 2 amide bonds. The van der Waals surface area contributed by atoms with E-state index in [1.807, 2.05) is 43.0 Å². The highest BCUT2D eigenvalue weighted by Crippen LogP contribution is 2.19. The summed E-state index contributed by atoms with van der Waals surface area (Å²) >= 11 is 3.39. The maximum Gasteiger partial charge on any atom is 0.289 e. The number of nitrogens with zero attached hydrogens (tertiary/aromatic N) is 3. The molecule has 3 rings (SSSR count). The van der Waals surface area contributed by atoms with Crippen molar-refractivity contribution in [3.63, 3.8) is 0 Å². The molecule has 0 spiro atoms. The number of hydrogen-bond acceptors (Lipinski definition) is 5. The molecule has 0 saturated carbocycles. The highest BCUT2D eigenvalue weighted by molar-refractivity contribution is 9.10. The van der Waals surface area contributed by atoms with E-state index in [1.54, 1.807) is 17.0 Å². The van der Waals surface area contributed by atoms with Crippen LogP contribution < -0.4 is 4.74 Å². The van der Waals surface area contributed by atoms with Gasteiger partial charge in [-0.15, -0.1) is 0 Å². The van der Waals surface area contributed by atoms with Crippen LogP contribution in [-0.4, -0.2) is 72.3 Å². The van der Waals surface area contributed by atoms with Crippen LogP contribution in [0.3, 0.4) is 0 Å². The fraction of sp³-hybridized carbons (Fsp3) is 0.478. The van der Waals surface area contributed by atoms with Crippen molar-refractivity contribution in [2.45, 2.75) is 26.9 Å². The molecule has 31 heavy (non-hydrogen) atoms. The van der Waals surface area contributed by atoms with Gasteiger partial charge < -0.3 is 19.0 Å². The van der Waals surface area contributed by atoms with Crippen LogP contribution in [0.15, 0.2) is 45.3 Å². The monoisotopic (exact) mass is 491 g/mol. The van der Waals surface area contributed by atoms with Crippen molar-refractivity contribution < 1.29 is 18.7 Å². The van der Waals surface area contributed by atoms with Gasteiger partial charge in [-0.3, -0.25) is 14.5 Å². The molecule has 0 bridgehead atoms. The lowest BCUT2D eigenvalue weighted by molar-refractivity contribution is -0.132. The van der Waals surface area contributed by atoms with E-state index < -0.39 is 0 Å². The van der Waals surface area contributed by atoms with Gasteiger partial charge in [0.1, 0.15) is 18.1 Å². The minimum atomic E-state index is -0.119. The van der Waals surface area contributed by atoms with Gasteiger partial charge in [-0.1, -0.05) is 15.9 Å². The van der Waals surface area contributed by atoms with E-state index in [2.05, 4.69) is 20.8 Å². The predicted molar refractivity (Wildman–Crippen MR) is 122 cm³/mol.